The summed E-state index contributed by atoms with van der Waals surface area (Å²) in [5.41, 5.74) is 8.36. The van der Waals surface area contributed by atoms with Crippen LogP contribution in [-0.2, 0) is 25.5 Å². The topological polar surface area (TPSA) is 56.7 Å². The van der Waals surface area contributed by atoms with Gasteiger partial charge in [0.15, 0.2) is 5.65 Å². The standard InChI is InChI=1S/C32H24N3O.C14H16NSi.Ir/c1-32(2,3)21-18-27-31(33-19-21)35(22-11-5-4-6-12-22)30(34-27)26-15-9-14-24-25-17-16-20-10-7-8-13-23(20)28(25)36-29(24)26;1-16(2,3)13-9-10-14(15-11-13)12-7-5-4-6-8-12;/h4-14,16-19H,1-3H3;4-7,9-11H,1-3H3;/q2*-1;. The van der Waals surface area contributed by atoms with Crippen molar-refractivity contribution >= 4 is 57.1 Å². The fraction of sp³-hybridized carbons (Fsp3) is 0.152. The van der Waals surface area contributed by atoms with E-state index in [1.54, 1.807) is 0 Å². The molecule has 0 aliphatic heterocycles. The Morgan fingerprint density at radius 3 is 2.15 bits per heavy atom. The molecule has 0 fully saturated rings. The predicted octanol–water partition coefficient (Wildman–Crippen LogP) is 11.3. The molecule has 5 nitrogen and oxygen atoms in total. The van der Waals surface area contributed by atoms with Gasteiger partial charge in [0.2, 0.25) is 0 Å². The Hall–Kier alpha value is -5.20. The molecule has 0 amide bonds. The van der Waals surface area contributed by atoms with Gasteiger partial charge in [-0.3, -0.25) is 4.98 Å². The smallest absolute Gasteiger partial charge is 0.155 e. The Labute approximate surface area is 325 Å². The summed E-state index contributed by atoms with van der Waals surface area (Å²) in [6.45, 7) is 13.6. The molecular formula is C46H40IrN4OSi-2. The third-order valence-corrected chi connectivity index (χ3v) is 11.6. The number of rotatable bonds is 4. The van der Waals surface area contributed by atoms with Crippen molar-refractivity contribution in [3.05, 3.63) is 151 Å². The molecule has 53 heavy (non-hydrogen) atoms. The van der Waals surface area contributed by atoms with Gasteiger partial charge in [0, 0.05) is 49.0 Å². The maximum Gasteiger partial charge on any atom is 0.155 e. The van der Waals surface area contributed by atoms with Crippen LogP contribution in [0.3, 0.4) is 0 Å². The molecule has 265 valence electrons. The number of benzene rings is 5. The Balaban J connectivity index is 0.000000216. The number of furan rings is 1. The first-order valence-electron chi connectivity index (χ1n) is 17.7. The summed E-state index contributed by atoms with van der Waals surface area (Å²) < 4.78 is 8.72. The zero-order valence-electron chi connectivity index (χ0n) is 30.7. The minimum absolute atomic E-state index is 0. The first-order valence-corrected chi connectivity index (χ1v) is 21.2. The average Bonchev–Trinajstić information content (AvgIpc) is 3.74. The SMILES string of the molecule is CC(C)(C)c1cnc2c(c1)nc(-c1[c-]ccc3c1oc1c4ccccc4ccc31)n2-c1ccccc1.C[Si](C)(C)c1ccc(-c2[c-]cccc2)nc1.[Ir]. The van der Waals surface area contributed by atoms with Crippen LogP contribution in [0.25, 0.3) is 72.2 Å². The second kappa shape index (κ2) is 14.3. The largest absolute Gasteiger partial charge is 0.500 e. The van der Waals surface area contributed by atoms with E-state index in [0.29, 0.717) is 0 Å². The van der Waals surface area contributed by atoms with Gasteiger partial charge in [0.05, 0.1) is 25.0 Å². The number of pyridine rings is 2. The third kappa shape index (κ3) is 7.00. The van der Waals surface area contributed by atoms with E-state index in [9.17, 15) is 0 Å². The van der Waals surface area contributed by atoms with Crippen LogP contribution >= 0.6 is 0 Å². The van der Waals surface area contributed by atoms with Crippen molar-refractivity contribution in [3.8, 4) is 28.3 Å². The minimum atomic E-state index is -1.23. The first kappa shape index (κ1) is 36.2. The second-order valence-electron chi connectivity index (χ2n) is 15.2. The van der Waals surface area contributed by atoms with E-state index in [2.05, 4.69) is 135 Å². The van der Waals surface area contributed by atoms with Crippen LogP contribution < -0.4 is 5.19 Å². The van der Waals surface area contributed by atoms with E-state index < -0.39 is 8.07 Å². The summed E-state index contributed by atoms with van der Waals surface area (Å²) in [7, 11) is -1.23. The summed E-state index contributed by atoms with van der Waals surface area (Å²) in [6.07, 6.45) is 3.98. The molecule has 7 heteroatoms. The molecule has 0 bridgehead atoms. The van der Waals surface area contributed by atoms with Gasteiger partial charge in [0.25, 0.3) is 0 Å². The van der Waals surface area contributed by atoms with Crippen LogP contribution in [0.1, 0.15) is 26.3 Å². The number of hydrogen-bond donors (Lipinski definition) is 0. The number of fused-ring (bicyclic) bond motifs is 6. The summed E-state index contributed by atoms with van der Waals surface area (Å²) in [4.78, 5) is 14.5. The van der Waals surface area contributed by atoms with Gasteiger partial charge in [0.1, 0.15) is 5.58 Å². The normalized spacial score (nSPS) is 11.8. The van der Waals surface area contributed by atoms with Crippen molar-refractivity contribution in [2.75, 3.05) is 0 Å². The van der Waals surface area contributed by atoms with Gasteiger partial charge in [-0.15, -0.1) is 54.1 Å². The van der Waals surface area contributed by atoms with E-state index in [4.69, 9.17) is 14.4 Å². The summed E-state index contributed by atoms with van der Waals surface area (Å²) >= 11 is 0. The van der Waals surface area contributed by atoms with Gasteiger partial charge < -0.3 is 14.0 Å². The summed E-state index contributed by atoms with van der Waals surface area (Å²) in [5, 5.41) is 5.80. The van der Waals surface area contributed by atoms with Crippen molar-refractivity contribution in [1.82, 2.24) is 19.5 Å². The maximum absolute atomic E-state index is 6.61. The number of para-hydroxylation sites is 1. The van der Waals surface area contributed by atoms with Gasteiger partial charge >= 0.3 is 0 Å². The molecule has 0 spiro atoms. The zero-order chi connectivity index (χ0) is 36.0. The van der Waals surface area contributed by atoms with Crippen molar-refractivity contribution in [2.24, 2.45) is 0 Å². The zero-order valence-corrected chi connectivity index (χ0v) is 34.1. The molecule has 0 saturated carbocycles. The summed E-state index contributed by atoms with van der Waals surface area (Å²) in [6, 6.07) is 47.9. The van der Waals surface area contributed by atoms with Crippen molar-refractivity contribution in [2.45, 2.75) is 45.8 Å². The molecule has 4 aromatic heterocycles. The molecule has 4 heterocycles. The summed E-state index contributed by atoms with van der Waals surface area (Å²) in [5.74, 6) is 0.767. The van der Waals surface area contributed by atoms with Crippen LogP contribution in [0.15, 0.2) is 138 Å². The van der Waals surface area contributed by atoms with Gasteiger partial charge in [-0.2, -0.15) is 0 Å². The van der Waals surface area contributed by atoms with Crippen LogP contribution in [-0.4, -0.2) is 27.6 Å². The molecule has 0 N–H and O–H groups in total. The van der Waals surface area contributed by atoms with E-state index in [-0.39, 0.29) is 25.5 Å². The van der Waals surface area contributed by atoms with Gasteiger partial charge in [-0.1, -0.05) is 118 Å². The van der Waals surface area contributed by atoms with Crippen molar-refractivity contribution in [1.29, 1.82) is 0 Å². The molecule has 9 rings (SSSR count). The average molecular weight is 885 g/mol. The Kier molecular flexibility index (Phi) is 9.77. The van der Waals surface area contributed by atoms with Crippen LogP contribution in [0, 0.1) is 12.1 Å². The van der Waals surface area contributed by atoms with Gasteiger partial charge in [-0.25, -0.2) is 4.98 Å². The number of hydrogen-bond acceptors (Lipinski definition) is 4. The van der Waals surface area contributed by atoms with E-state index in [0.717, 1.165) is 77.8 Å². The molecule has 5 aromatic carbocycles. The molecule has 9 aromatic rings. The number of imidazole rings is 1. The third-order valence-electron chi connectivity index (χ3n) is 9.54. The van der Waals surface area contributed by atoms with E-state index in [1.165, 1.54) is 5.19 Å². The fourth-order valence-corrected chi connectivity index (χ4v) is 7.58. The monoisotopic (exact) mass is 885 g/mol. The molecule has 0 saturated heterocycles. The molecule has 0 unspecified atom stereocenters. The van der Waals surface area contributed by atoms with E-state index >= 15 is 0 Å². The second-order valence-corrected chi connectivity index (χ2v) is 20.3. The predicted molar refractivity (Wildman–Crippen MR) is 218 cm³/mol. The molecule has 0 atom stereocenters. The Bertz CT molecular complexity index is 2690. The van der Waals surface area contributed by atoms with E-state index in [1.807, 2.05) is 60.9 Å². The number of aromatic nitrogens is 4. The van der Waals surface area contributed by atoms with Crippen LogP contribution in [0.2, 0.25) is 19.6 Å². The van der Waals surface area contributed by atoms with Crippen molar-refractivity contribution < 1.29 is 24.5 Å². The molecule has 1 radical (unpaired) electrons. The Morgan fingerprint density at radius 2 is 1.43 bits per heavy atom. The van der Waals surface area contributed by atoms with Crippen LogP contribution in [0.4, 0.5) is 0 Å². The Morgan fingerprint density at radius 1 is 0.679 bits per heavy atom. The number of nitrogens with zero attached hydrogens (tertiary/aromatic N) is 4. The van der Waals surface area contributed by atoms with Crippen LogP contribution in [0.5, 0.6) is 0 Å². The first-order chi connectivity index (χ1) is 25.1. The van der Waals surface area contributed by atoms with Gasteiger partial charge in [-0.05, 0) is 45.4 Å². The molecule has 0 aliphatic rings. The van der Waals surface area contributed by atoms with Crippen molar-refractivity contribution in [3.63, 3.8) is 0 Å². The quantitative estimate of drug-likeness (QED) is 0.131. The minimum Gasteiger partial charge on any atom is -0.500 e. The maximum atomic E-state index is 6.61. The molecule has 0 aliphatic carbocycles. The fourth-order valence-electron chi connectivity index (χ4n) is 6.55. The molecular weight excluding hydrogens is 845 g/mol.